The molecular weight excluding hydrogens is 372 g/mol. The van der Waals surface area contributed by atoms with E-state index in [-0.39, 0.29) is 6.42 Å². The second-order valence-corrected chi connectivity index (χ2v) is 6.91. The third-order valence-corrected chi connectivity index (χ3v) is 4.74. The standard InChI is InChI=1S/C22H24N2O5/c1-15-18(24-20(29-15)17-7-5-4-6-8-17)11-12-28-19-10-9-16(14-23-19)13-22(2,27-3)21(25)26/h4-10,14H,11-13H2,1-3H3,(H,25,26)/t22-/m1/s1. The highest BCUT2D eigenvalue weighted by Gasteiger charge is 2.33. The number of carboxylic acids is 1. The summed E-state index contributed by atoms with van der Waals surface area (Å²) in [5.74, 6) is 0.814. The Balaban J connectivity index is 1.56. The third-order valence-electron chi connectivity index (χ3n) is 4.74. The minimum absolute atomic E-state index is 0.215. The van der Waals surface area contributed by atoms with Crippen molar-refractivity contribution in [2.75, 3.05) is 13.7 Å². The van der Waals surface area contributed by atoms with Gasteiger partial charge in [-0.2, -0.15) is 0 Å². The number of hydrogen-bond acceptors (Lipinski definition) is 6. The highest BCUT2D eigenvalue weighted by molar-refractivity contribution is 5.77. The Hall–Kier alpha value is -3.19. The third kappa shape index (κ3) is 5.00. The number of benzene rings is 1. The van der Waals surface area contributed by atoms with Crippen molar-refractivity contribution in [1.29, 1.82) is 0 Å². The van der Waals surface area contributed by atoms with Crippen LogP contribution in [0.15, 0.2) is 53.1 Å². The van der Waals surface area contributed by atoms with E-state index < -0.39 is 11.6 Å². The summed E-state index contributed by atoms with van der Waals surface area (Å²) < 4.78 is 16.6. The van der Waals surface area contributed by atoms with Crippen LogP contribution in [0, 0.1) is 6.92 Å². The molecule has 0 amide bonds. The zero-order chi connectivity index (χ0) is 20.9. The molecule has 3 rings (SSSR count). The minimum Gasteiger partial charge on any atom is -0.479 e. The number of nitrogens with zero attached hydrogens (tertiary/aromatic N) is 2. The van der Waals surface area contributed by atoms with Crippen LogP contribution in [0.25, 0.3) is 11.5 Å². The maximum absolute atomic E-state index is 11.3. The van der Waals surface area contributed by atoms with Crippen LogP contribution in [0.5, 0.6) is 5.88 Å². The van der Waals surface area contributed by atoms with Gasteiger partial charge < -0.3 is 19.0 Å². The fourth-order valence-corrected chi connectivity index (χ4v) is 2.84. The number of ether oxygens (including phenoxy) is 2. The minimum atomic E-state index is -1.29. The van der Waals surface area contributed by atoms with E-state index in [2.05, 4.69) is 9.97 Å². The number of carboxylic acid groups (broad SMARTS) is 1. The van der Waals surface area contributed by atoms with Crippen molar-refractivity contribution in [1.82, 2.24) is 9.97 Å². The second-order valence-electron chi connectivity index (χ2n) is 6.91. The molecule has 0 radical (unpaired) electrons. The molecule has 2 heterocycles. The predicted molar refractivity (Wildman–Crippen MR) is 107 cm³/mol. The number of pyridine rings is 1. The molecule has 7 nitrogen and oxygen atoms in total. The fourth-order valence-electron chi connectivity index (χ4n) is 2.84. The summed E-state index contributed by atoms with van der Waals surface area (Å²) in [6.07, 6.45) is 2.41. The first kappa shape index (κ1) is 20.5. The SMILES string of the molecule is CO[C@](C)(Cc1ccc(OCCc2nc(-c3ccccc3)oc2C)nc1)C(=O)O. The van der Waals surface area contributed by atoms with E-state index in [1.54, 1.807) is 18.3 Å². The molecule has 0 aliphatic rings. The fraction of sp³-hybridized carbons (Fsp3) is 0.318. The topological polar surface area (TPSA) is 94.7 Å². The smallest absolute Gasteiger partial charge is 0.336 e. The molecule has 1 aromatic carbocycles. The summed E-state index contributed by atoms with van der Waals surface area (Å²) in [5, 5.41) is 9.29. The molecule has 2 aromatic heterocycles. The average molecular weight is 396 g/mol. The van der Waals surface area contributed by atoms with Gasteiger partial charge in [-0.15, -0.1) is 0 Å². The summed E-state index contributed by atoms with van der Waals surface area (Å²) in [4.78, 5) is 20.1. The van der Waals surface area contributed by atoms with Crippen molar-refractivity contribution in [3.8, 4) is 17.3 Å². The van der Waals surface area contributed by atoms with Gasteiger partial charge in [-0.1, -0.05) is 24.3 Å². The van der Waals surface area contributed by atoms with Crippen molar-refractivity contribution < 1.29 is 23.8 Å². The number of carbonyl (C=O) groups is 1. The van der Waals surface area contributed by atoms with Gasteiger partial charge in [0.1, 0.15) is 5.76 Å². The first-order chi connectivity index (χ1) is 13.9. The summed E-state index contributed by atoms with van der Waals surface area (Å²) in [6.45, 7) is 3.82. The van der Waals surface area contributed by atoms with Gasteiger partial charge in [-0.05, 0) is 31.5 Å². The maximum atomic E-state index is 11.3. The lowest BCUT2D eigenvalue weighted by Gasteiger charge is -2.22. The summed E-state index contributed by atoms with van der Waals surface area (Å²) in [6, 6.07) is 13.3. The first-order valence-electron chi connectivity index (χ1n) is 9.29. The van der Waals surface area contributed by atoms with Gasteiger partial charge in [0, 0.05) is 37.8 Å². The molecule has 1 atom stereocenters. The van der Waals surface area contributed by atoms with Crippen LogP contribution < -0.4 is 4.74 Å². The lowest BCUT2D eigenvalue weighted by atomic mass is 9.97. The van der Waals surface area contributed by atoms with Gasteiger partial charge in [-0.25, -0.2) is 14.8 Å². The van der Waals surface area contributed by atoms with Gasteiger partial charge in [0.2, 0.25) is 11.8 Å². The summed E-state index contributed by atoms with van der Waals surface area (Å²) in [5.41, 5.74) is 1.25. The van der Waals surface area contributed by atoms with Crippen molar-refractivity contribution in [3.05, 3.63) is 65.7 Å². The molecule has 29 heavy (non-hydrogen) atoms. The largest absolute Gasteiger partial charge is 0.479 e. The molecule has 7 heteroatoms. The van der Waals surface area contributed by atoms with Crippen molar-refractivity contribution in [2.24, 2.45) is 0 Å². The van der Waals surface area contributed by atoms with Gasteiger partial charge in [-0.3, -0.25) is 0 Å². The van der Waals surface area contributed by atoms with Crippen molar-refractivity contribution in [2.45, 2.75) is 32.3 Å². The Labute approximate surface area is 169 Å². The monoisotopic (exact) mass is 396 g/mol. The average Bonchev–Trinajstić information content (AvgIpc) is 3.10. The molecule has 152 valence electrons. The molecule has 0 unspecified atom stereocenters. The van der Waals surface area contributed by atoms with E-state index in [1.807, 2.05) is 37.3 Å². The molecule has 0 aliphatic carbocycles. The van der Waals surface area contributed by atoms with Gasteiger partial charge in [0.25, 0.3) is 0 Å². The van der Waals surface area contributed by atoms with Gasteiger partial charge >= 0.3 is 5.97 Å². The van der Waals surface area contributed by atoms with Gasteiger partial charge in [0.05, 0.1) is 12.3 Å². The zero-order valence-corrected chi connectivity index (χ0v) is 16.7. The molecule has 0 spiro atoms. The van der Waals surface area contributed by atoms with E-state index in [1.165, 1.54) is 14.0 Å². The summed E-state index contributed by atoms with van der Waals surface area (Å²) in [7, 11) is 1.38. The van der Waals surface area contributed by atoms with E-state index in [9.17, 15) is 9.90 Å². The zero-order valence-electron chi connectivity index (χ0n) is 16.7. The first-order valence-corrected chi connectivity index (χ1v) is 9.29. The maximum Gasteiger partial charge on any atom is 0.336 e. The summed E-state index contributed by atoms with van der Waals surface area (Å²) >= 11 is 0. The number of aryl methyl sites for hydroxylation is 1. The predicted octanol–water partition coefficient (Wildman–Crippen LogP) is 3.70. The molecule has 1 N–H and O–H groups in total. The Bertz CT molecular complexity index is 953. The number of aromatic nitrogens is 2. The molecule has 0 fully saturated rings. The number of hydrogen-bond donors (Lipinski definition) is 1. The lowest BCUT2D eigenvalue weighted by Crippen LogP contribution is -2.39. The molecule has 3 aromatic rings. The number of aliphatic carboxylic acids is 1. The van der Waals surface area contributed by atoms with Crippen LogP contribution >= 0.6 is 0 Å². The van der Waals surface area contributed by atoms with Crippen LogP contribution in [-0.2, 0) is 22.4 Å². The molecular formula is C22H24N2O5. The highest BCUT2D eigenvalue weighted by atomic mass is 16.5. The van der Waals surface area contributed by atoms with Crippen LogP contribution in [0.4, 0.5) is 0 Å². The van der Waals surface area contributed by atoms with E-state index in [4.69, 9.17) is 13.9 Å². The van der Waals surface area contributed by atoms with Crippen molar-refractivity contribution >= 4 is 5.97 Å². The van der Waals surface area contributed by atoms with Crippen molar-refractivity contribution in [3.63, 3.8) is 0 Å². The van der Waals surface area contributed by atoms with E-state index >= 15 is 0 Å². The Morgan fingerprint density at radius 2 is 1.97 bits per heavy atom. The Morgan fingerprint density at radius 1 is 1.21 bits per heavy atom. The Morgan fingerprint density at radius 3 is 2.59 bits per heavy atom. The van der Waals surface area contributed by atoms with E-state index in [0.29, 0.717) is 24.8 Å². The lowest BCUT2D eigenvalue weighted by molar-refractivity contribution is -0.159. The normalized spacial score (nSPS) is 13.1. The van der Waals surface area contributed by atoms with E-state index in [0.717, 1.165) is 22.6 Å². The van der Waals surface area contributed by atoms with Crippen LogP contribution in [-0.4, -0.2) is 40.4 Å². The molecule has 0 aliphatic heterocycles. The van der Waals surface area contributed by atoms with Crippen LogP contribution in [0.1, 0.15) is 23.9 Å². The van der Waals surface area contributed by atoms with Crippen LogP contribution in [0.2, 0.25) is 0 Å². The number of methoxy groups -OCH3 is 1. The quantitative estimate of drug-likeness (QED) is 0.589. The second kappa shape index (κ2) is 8.87. The molecule has 0 bridgehead atoms. The van der Waals surface area contributed by atoms with Crippen LogP contribution in [0.3, 0.4) is 0 Å². The number of oxazole rings is 1. The molecule has 0 saturated carbocycles. The van der Waals surface area contributed by atoms with Gasteiger partial charge in [0.15, 0.2) is 5.60 Å². The Kier molecular flexibility index (Phi) is 6.29. The molecule has 0 saturated heterocycles. The number of rotatable bonds is 9. The highest BCUT2D eigenvalue weighted by Crippen LogP contribution is 2.22.